The Kier molecular flexibility index (Phi) is 4.72. The molecule has 1 aromatic carbocycles. The highest BCUT2D eigenvalue weighted by molar-refractivity contribution is 7.07. The zero-order chi connectivity index (χ0) is 13.0. The summed E-state index contributed by atoms with van der Waals surface area (Å²) in [6.45, 7) is 7.88. The first-order valence-electron chi connectivity index (χ1n) is 6.85. The van der Waals surface area contributed by atoms with Crippen LogP contribution in [0.1, 0.15) is 44.4 Å². The van der Waals surface area contributed by atoms with Crippen LogP contribution in [0.5, 0.6) is 0 Å². The van der Waals surface area contributed by atoms with Gasteiger partial charge in [0.2, 0.25) is 0 Å². The summed E-state index contributed by atoms with van der Waals surface area (Å²) >= 11 is 1.66. The molecule has 3 heteroatoms. The molecule has 0 aliphatic heterocycles. The lowest BCUT2D eigenvalue weighted by Crippen LogP contribution is -2.33. The SMILES string of the molecule is CCCNC(CC)C(C)c1snc2ccccc12. The second-order valence-corrected chi connectivity index (χ2v) is 5.63. The van der Waals surface area contributed by atoms with Gasteiger partial charge in [0.25, 0.3) is 0 Å². The van der Waals surface area contributed by atoms with Crippen molar-refractivity contribution in [3.63, 3.8) is 0 Å². The zero-order valence-electron chi connectivity index (χ0n) is 11.4. The summed E-state index contributed by atoms with van der Waals surface area (Å²) in [5, 5.41) is 4.98. The van der Waals surface area contributed by atoms with E-state index in [2.05, 4.69) is 54.7 Å². The molecule has 2 rings (SSSR count). The summed E-state index contributed by atoms with van der Waals surface area (Å²) in [6, 6.07) is 9.00. The molecule has 0 aliphatic carbocycles. The van der Waals surface area contributed by atoms with E-state index < -0.39 is 0 Å². The number of fused-ring (bicyclic) bond motifs is 1. The highest BCUT2D eigenvalue weighted by atomic mass is 32.1. The molecule has 0 spiro atoms. The topological polar surface area (TPSA) is 24.9 Å². The van der Waals surface area contributed by atoms with Gasteiger partial charge in [0, 0.05) is 22.2 Å². The van der Waals surface area contributed by atoms with Gasteiger partial charge in [0.15, 0.2) is 0 Å². The number of aromatic nitrogens is 1. The van der Waals surface area contributed by atoms with Gasteiger partial charge >= 0.3 is 0 Å². The second-order valence-electron chi connectivity index (χ2n) is 4.82. The summed E-state index contributed by atoms with van der Waals surface area (Å²) in [5.74, 6) is 0.527. The number of hydrogen-bond acceptors (Lipinski definition) is 3. The first kappa shape index (κ1) is 13.5. The normalized spacial score (nSPS) is 14.8. The molecule has 0 fully saturated rings. The third-order valence-corrected chi connectivity index (χ3v) is 4.60. The highest BCUT2D eigenvalue weighted by Crippen LogP contribution is 2.32. The van der Waals surface area contributed by atoms with E-state index in [4.69, 9.17) is 0 Å². The van der Waals surface area contributed by atoms with Crippen LogP contribution in [0, 0.1) is 0 Å². The Morgan fingerprint density at radius 3 is 2.78 bits per heavy atom. The van der Waals surface area contributed by atoms with Crippen molar-refractivity contribution in [2.75, 3.05) is 6.54 Å². The number of benzene rings is 1. The lowest BCUT2D eigenvalue weighted by atomic mass is 9.95. The van der Waals surface area contributed by atoms with E-state index in [9.17, 15) is 0 Å². The standard InChI is InChI=1S/C15H22N2S/c1-4-10-16-13(5-2)11(3)15-12-8-6-7-9-14(12)17-18-15/h6-9,11,13,16H,4-5,10H2,1-3H3. The van der Waals surface area contributed by atoms with E-state index in [0.29, 0.717) is 12.0 Å². The molecule has 0 amide bonds. The van der Waals surface area contributed by atoms with E-state index in [-0.39, 0.29) is 0 Å². The number of nitrogens with one attached hydrogen (secondary N) is 1. The smallest absolute Gasteiger partial charge is 0.0843 e. The van der Waals surface area contributed by atoms with Gasteiger partial charge in [-0.05, 0) is 37.0 Å². The fourth-order valence-corrected chi connectivity index (χ4v) is 3.38. The molecule has 2 nitrogen and oxygen atoms in total. The van der Waals surface area contributed by atoms with Crippen molar-refractivity contribution < 1.29 is 0 Å². The molecule has 98 valence electrons. The Labute approximate surface area is 114 Å². The maximum absolute atomic E-state index is 4.55. The second kappa shape index (κ2) is 6.30. The summed E-state index contributed by atoms with van der Waals surface area (Å²) < 4.78 is 4.55. The van der Waals surface area contributed by atoms with Crippen molar-refractivity contribution in [1.82, 2.24) is 9.69 Å². The predicted octanol–water partition coefficient (Wildman–Crippen LogP) is 4.18. The van der Waals surface area contributed by atoms with Crippen LogP contribution in [-0.4, -0.2) is 17.0 Å². The van der Waals surface area contributed by atoms with Gasteiger partial charge in [-0.1, -0.05) is 39.0 Å². The van der Waals surface area contributed by atoms with Crippen LogP contribution in [0.2, 0.25) is 0 Å². The number of rotatable bonds is 6. The summed E-state index contributed by atoms with van der Waals surface area (Å²) in [6.07, 6.45) is 2.35. The van der Waals surface area contributed by atoms with Crippen molar-refractivity contribution in [3.05, 3.63) is 29.1 Å². The van der Waals surface area contributed by atoms with E-state index in [1.807, 2.05) is 0 Å². The van der Waals surface area contributed by atoms with Crippen molar-refractivity contribution in [3.8, 4) is 0 Å². The fraction of sp³-hybridized carbons (Fsp3) is 0.533. The molecule has 1 N–H and O–H groups in total. The molecule has 2 aromatic rings. The average molecular weight is 262 g/mol. The van der Waals surface area contributed by atoms with Crippen molar-refractivity contribution in [2.45, 2.75) is 45.6 Å². The molecule has 0 bridgehead atoms. The van der Waals surface area contributed by atoms with Crippen LogP contribution in [0.4, 0.5) is 0 Å². The molecule has 0 saturated heterocycles. The molecule has 1 aromatic heterocycles. The minimum absolute atomic E-state index is 0.527. The van der Waals surface area contributed by atoms with Gasteiger partial charge in [0.1, 0.15) is 0 Å². The minimum Gasteiger partial charge on any atom is -0.313 e. The minimum atomic E-state index is 0.527. The van der Waals surface area contributed by atoms with Gasteiger partial charge in [-0.25, -0.2) is 0 Å². The van der Waals surface area contributed by atoms with E-state index in [1.54, 1.807) is 11.5 Å². The van der Waals surface area contributed by atoms with Crippen LogP contribution >= 0.6 is 11.5 Å². The molecular formula is C15H22N2S. The summed E-state index contributed by atoms with van der Waals surface area (Å²) in [7, 11) is 0. The third-order valence-electron chi connectivity index (χ3n) is 3.53. The Morgan fingerprint density at radius 1 is 1.28 bits per heavy atom. The largest absolute Gasteiger partial charge is 0.313 e. The lowest BCUT2D eigenvalue weighted by Gasteiger charge is -2.23. The maximum Gasteiger partial charge on any atom is 0.0843 e. The molecule has 2 atom stereocenters. The van der Waals surface area contributed by atoms with Gasteiger partial charge in [-0.2, -0.15) is 4.37 Å². The first-order valence-corrected chi connectivity index (χ1v) is 7.63. The van der Waals surface area contributed by atoms with Crippen molar-refractivity contribution >= 4 is 22.4 Å². The number of hydrogen-bond donors (Lipinski definition) is 1. The molecule has 2 unspecified atom stereocenters. The van der Waals surface area contributed by atoms with E-state index >= 15 is 0 Å². The van der Waals surface area contributed by atoms with Crippen LogP contribution in [0.15, 0.2) is 24.3 Å². The fourth-order valence-electron chi connectivity index (χ4n) is 2.42. The lowest BCUT2D eigenvalue weighted by molar-refractivity contribution is 0.443. The monoisotopic (exact) mass is 262 g/mol. The zero-order valence-corrected chi connectivity index (χ0v) is 12.3. The van der Waals surface area contributed by atoms with Gasteiger partial charge < -0.3 is 5.32 Å². The quantitative estimate of drug-likeness (QED) is 0.845. The number of nitrogens with zero attached hydrogens (tertiary/aromatic N) is 1. The van der Waals surface area contributed by atoms with E-state index in [1.165, 1.54) is 16.7 Å². The molecule has 0 aliphatic rings. The Balaban J connectivity index is 2.23. The Morgan fingerprint density at radius 2 is 2.06 bits per heavy atom. The molecular weight excluding hydrogens is 240 g/mol. The molecule has 1 heterocycles. The third kappa shape index (κ3) is 2.73. The van der Waals surface area contributed by atoms with Gasteiger partial charge in [-0.15, -0.1) is 0 Å². The molecule has 0 saturated carbocycles. The van der Waals surface area contributed by atoms with Crippen LogP contribution in [0.3, 0.4) is 0 Å². The average Bonchev–Trinajstić information content (AvgIpc) is 2.83. The highest BCUT2D eigenvalue weighted by Gasteiger charge is 2.20. The van der Waals surface area contributed by atoms with Crippen molar-refractivity contribution in [2.24, 2.45) is 0 Å². The summed E-state index contributed by atoms with van der Waals surface area (Å²) in [5.41, 5.74) is 1.13. The molecule has 18 heavy (non-hydrogen) atoms. The van der Waals surface area contributed by atoms with Crippen molar-refractivity contribution in [1.29, 1.82) is 0 Å². The van der Waals surface area contributed by atoms with Gasteiger partial charge in [-0.3, -0.25) is 0 Å². The first-order chi connectivity index (χ1) is 8.77. The summed E-state index contributed by atoms with van der Waals surface area (Å²) in [4.78, 5) is 1.42. The van der Waals surface area contributed by atoms with Gasteiger partial charge in [0.05, 0.1) is 5.52 Å². The van der Waals surface area contributed by atoms with Crippen LogP contribution in [0.25, 0.3) is 10.9 Å². The predicted molar refractivity (Wildman–Crippen MR) is 80.4 cm³/mol. The van der Waals surface area contributed by atoms with Crippen LogP contribution < -0.4 is 5.32 Å². The molecule has 0 radical (unpaired) electrons. The maximum atomic E-state index is 4.55. The van der Waals surface area contributed by atoms with Crippen LogP contribution in [-0.2, 0) is 0 Å². The van der Waals surface area contributed by atoms with E-state index in [0.717, 1.165) is 18.5 Å². The Hall–Kier alpha value is -0.930. The Bertz CT molecular complexity index is 492.